The van der Waals surface area contributed by atoms with E-state index in [1.54, 1.807) is 0 Å². The maximum Gasteiger partial charge on any atom is 0.126 e. The summed E-state index contributed by atoms with van der Waals surface area (Å²) < 4.78 is 0. The molecule has 1 fully saturated rings. The smallest absolute Gasteiger partial charge is 0.126 e. The first kappa shape index (κ1) is 9.40. The minimum Gasteiger partial charge on any atom is -0.384 e. The Morgan fingerprint density at radius 3 is 3.14 bits per heavy atom. The van der Waals surface area contributed by atoms with Gasteiger partial charge in [-0.3, -0.25) is 0 Å². The van der Waals surface area contributed by atoms with E-state index in [0.29, 0.717) is 11.9 Å². The molecule has 2 heterocycles. The number of nitrogens with one attached hydrogen (secondary N) is 1. The van der Waals surface area contributed by atoms with E-state index in [1.807, 2.05) is 6.07 Å². The van der Waals surface area contributed by atoms with E-state index in [0.717, 1.165) is 25.1 Å². The van der Waals surface area contributed by atoms with Crippen LogP contribution in [0.25, 0.3) is 0 Å². The van der Waals surface area contributed by atoms with Crippen LogP contribution in [0.5, 0.6) is 0 Å². The summed E-state index contributed by atoms with van der Waals surface area (Å²) in [6.45, 7) is 1.16. The molecule has 4 nitrogen and oxygen atoms in total. The van der Waals surface area contributed by atoms with Gasteiger partial charge in [0.1, 0.15) is 12.1 Å². The molecule has 4 heteroatoms. The lowest BCUT2D eigenvalue weighted by Gasteiger charge is -2.08. The minimum atomic E-state index is 0.564. The standard InChI is InChI=1S/C10H16N4/c11-10-6-9(13-7-14-10)4-3-8-2-1-5-12-8/h6-8,12H,1-5H2,(H2,11,13,14). The zero-order chi connectivity index (χ0) is 9.80. The number of nitrogen functional groups attached to an aromatic ring is 1. The molecule has 3 N–H and O–H groups in total. The third kappa shape index (κ3) is 2.42. The Kier molecular flexibility index (Phi) is 2.93. The van der Waals surface area contributed by atoms with E-state index in [4.69, 9.17) is 5.73 Å². The minimum absolute atomic E-state index is 0.564. The second-order valence-electron chi connectivity index (χ2n) is 3.77. The molecule has 1 atom stereocenters. The van der Waals surface area contributed by atoms with E-state index < -0.39 is 0 Å². The van der Waals surface area contributed by atoms with E-state index in [2.05, 4.69) is 15.3 Å². The van der Waals surface area contributed by atoms with Gasteiger partial charge in [-0.25, -0.2) is 9.97 Å². The Bertz CT molecular complexity index is 294. The van der Waals surface area contributed by atoms with Crippen LogP contribution in [0.15, 0.2) is 12.4 Å². The number of hydrogen-bond acceptors (Lipinski definition) is 4. The monoisotopic (exact) mass is 192 g/mol. The number of aryl methyl sites for hydroxylation is 1. The van der Waals surface area contributed by atoms with Crippen molar-refractivity contribution in [3.05, 3.63) is 18.1 Å². The van der Waals surface area contributed by atoms with E-state index in [1.165, 1.54) is 19.2 Å². The maximum absolute atomic E-state index is 5.58. The van der Waals surface area contributed by atoms with Gasteiger partial charge >= 0.3 is 0 Å². The van der Waals surface area contributed by atoms with Crippen molar-refractivity contribution < 1.29 is 0 Å². The lowest BCUT2D eigenvalue weighted by Crippen LogP contribution is -2.21. The normalized spacial score (nSPS) is 21.3. The van der Waals surface area contributed by atoms with Crippen molar-refractivity contribution in [2.75, 3.05) is 12.3 Å². The molecule has 1 aliphatic rings. The molecule has 0 bridgehead atoms. The van der Waals surface area contributed by atoms with Gasteiger partial charge in [0.15, 0.2) is 0 Å². The van der Waals surface area contributed by atoms with Gasteiger partial charge in [-0.2, -0.15) is 0 Å². The number of rotatable bonds is 3. The number of hydrogen-bond donors (Lipinski definition) is 2. The third-order valence-electron chi connectivity index (χ3n) is 2.66. The highest BCUT2D eigenvalue weighted by Crippen LogP contribution is 2.12. The first-order valence-electron chi connectivity index (χ1n) is 5.14. The summed E-state index contributed by atoms with van der Waals surface area (Å²) >= 11 is 0. The summed E-state index contributed by atoms with van der Waals surface area (Å²) in [6, 6.07) is 2.53. The average molecular weight is 192 g/mol. The lowest BCUT2D eigenvalue weighted by atomic mass is 10.1. The summed E-state index contributed by atoms with van der Waals surface area (Å²) in [5.74, 6) is 0.564. The van der Waals surface area contributed by atoms with Crippen LogP contribution in [0.1, 0.15) is 25.0 Å². The number of anilines is 1. The van der Waals surface area contributed by atoms with Crippen LogP contribution in [0.3, 0.4) is 0 Å². The Labute approximate surface area is 83.9 Å². The largest absolute Gasteiger partial charge is 0.384 e. The number of nitrogens with zero attached hydrogens (tertiary/aromatic N) is 2. The van der Waals surface area contributed by atoms with Crippen molar-refractivity contribution in [1.29, 1.82) is 0 Å². The average Bonchev–Trinajstić information content (AvgIpc) is 2.67. The molecule has 76 valence electrons. The van der Waals surface area contributed by atoms with Crippen LogP contribution < -0.4 is 11.1 Å². The summed E-state index contributed by atoms with van der Waals surface area (Å²) in [4.78, 5) is 8.05. The highest BCUT2D eigenvalue weighted by atomic mass is 14.9. The van der Waals surface area contributed by atoms with Crippen molar-refractivity contribution in [1.82, 2.24) is 15.3 Å². The second-order valence-corrected chi connectivity index (χ2v) is 3.77. The van der Waals surface area contributed by atoms with Gasteiger partial charge in [0.05, 0.1) is 0 Å². The van der Waals surface area contributed by atoms with Crippen LogP contribution >= 0.6 is 0 Å². The van der Waals surface area contributed by atoms with E-state index in [-0.39, 0.29) is 0 Å². The lowest BCUT2D eigenvalue weighted by molar-refractivity contribution is 0.555. The fraction of sp³-hybridized carbons (Fsp3) is 0.600. The van der Waals surface area contributed by atoms with Gasteiger partial charge < -0.3 is 11.1 Å². The summed E-state index contributed by atoms with van der Waals surface area (Å²) in [6.07, 6.45) is 6.27. The summed E-state index contributed by atoms with van der Waals surface area (Å²) in [7, 11) is 0. The summed E-state index contributed by atoms with van der Waals surface area (Å²) in [5.41, 5.74) is 6.62. The molecule has 1 aromatic rings. The predicted molar refractivity (Wildman–Crippen MR) is 55.8 cm³/mol. The van der Waals surface area contributed by atoms with Crippen LogP contribution in [0, 0.1) is 0 Å². The SMILES string of the molecule is Nc1cc(CCC2CCCN2)ncn1. The fourth-order valence-electron chi connectivity index (χ4n) is 1.88. The second kappa shape index (κ2) is 4.37. The molecule has 2 rings (SSSR count). The van der Waals surface area contributed by atoms with Crippen LogP contribution in [0.4, 0.5) is 5.82 Å². The molecule has 0 aliphatic carbocycles. The first-order valence-corrected chi connectivity index (χ1v) is 5.14. The van der Waals surface area contributed by atoms with Gasteiger partial charge in [-0.15, -0.1) is 0 Å². The Morgan fingerprint density at radius 2 is 2.43 bits per heavy atom. The highest BCUT2D eigenvalue weighted by molar-refractivity contribution is 5.27. The van der Waals surface area contributed by atoms with Crippen LogP contribution in [-0.2, 0) is 6.42 Å². The third-order valence-corrected chi connectivity index (χ3v) is 2.66. The van der Waals surface area contributed by atoms with Gasteiger partial charge in [-0.05, 0) is 32.2 Å². The van der Waals surface area contributed by atoms with E-state index >= 15 is 0 Å². The molecule has 1 aliphatic heterocycles. The Hall–Kier alpha value is -1.16. The van der Waals surface area contributed by atoms with Crippen molar-refractivity contribution in [2.24, 2.45) is 0 Å². The van der Waals surface area contributed by atoms with Crippen LogP contribution in [-0.4, -0.2) is 22.6 Å². The van der Waals surface area contributed by atoms with Crippen molar-refractivity contribution in [3.63, 3.8) is 0 Å². The molecule has 0 spiro atoms. The quantitative estimate of drug-likeness (QED) is 0.741. The number of aromatic nitrogens is 2. The van der Waals surface area contributed by atoms with Gasteiger partial charge in [0.2, 0.25) is 0 Å². The van der Waals surface area contributed by atoms with Gasteiger partial charge in [-0.1, -0.05) is 0 Å². The molecular weight excluding hydrogens is 176 g/mol. The van der Waals surface area contributed by atoms with Gasteiger partial charge in [0.25, 0.3) is 0 Å². The topological polar surface area (TPSA) is 63.8 Å². The zero-order valence-corrected chi connectivity index (χ0v) is 8.24. The Morgan fingerprint density at radius 1 is 1.50 bits per heavy atom. The van der Waals surface area contributed by atoms with Gasteiger partial charge in [0, 0.05) is 17.8 Å². The van der Waals surface area contributed by atoms with Crippen LogP contribution in [0.2, 0.25) is 0 Å². The molecule has 0 radical (unpaired) electrons. The maximum atomic E-state index is 5.58. The molecule has 0 aromatic carbocycles. The molecule has 1 aromatic heterocycles. The van der Waals surface area contributed by atoms with Crippen molar-refractivity contribution in [2.45, 2.75) is 31.7 Å². The fourth-order valence-corrected chi connectivity index (χ4v) is 1.88. The molecule has 1 unspecified atom stereocenters. The highest BCUT2D eigenvalue weighted by Gasteiger charge is 2.13. The molecule has 1 saturated heterocycles. The number of nitrogens with two attached hydrogens (primary N) is 1. The molecule has 0 amide bonds. The van der Waals surface area contributed by atoms with E-state index in [9.17, 15) is 0 Å². The zero-order valence-electron chi connectivity index (χ0n) is 8.24. The first-order chi connectivity index (χ1) is 6.84. The predicted octanol–water partition coefficient (Wildman–Crippen LogP) is 0.743. The van der Waals surface area contributed by atoms with Crippen molar-refractivity contribution >= 4 is 5.82 Å². The molecule has 0 saturated carbocycles. The molecule has 14 heavy (non-hydrogen) atoms. The Balaban J connectivity index is 1.85. The summed E-state index contributed by atoms with van der Waals surface area (Å²) in [5, 5.41) is 3.47. The van der Waals surface area contributed by atoms with Crippen molar-refractivity contribution in [3.8, 4) is 0 Å². The molecular formula is C10H16N4.